The first-order valence-electron chi connectivity index (χ1n) is 9.64. The number of nitrogens with one attached hydrogen (secondary N) is 1. The average Bonchev–Trinajstić information content (AvgIpc) is 2.75. The van der Waals surface area contributed by atoms with Gasteiger partial charge >= 0.3 is 0 Å². The van der Waals surface area contributed by atoms with Crippen LogP contribution in [0.15, 0.2) is 71.6 Å². The first kappa shape index (κ1) is 24.1. The Morgan fingerprint density at radius 1 is 1.00 bits per heavy atom. The van der Waals surface area contributed by atoms with Crippen LogP contribution in [0.4, 0.5) is 5.69 Å². The molecule has 3 rings (SSSR count). The van der Waals surface area contributed by atoms with E-state index in [2.05, 4.69) is 5.32 Å². The van der Waals surface area contributed by atoms with Crippen molar-refractivity contribution < 1.29 is 17.9 Å². The second-order valence-electron chi connectivity index (χ2n) is 7.08. The minimum Gasteiger partial charge on any atom is -0.495 e. The number of aryl methyl sites for hydroxylation is 1. The molecular weight excluding hydrogens is 471 g/mol. The molecule has 6 nitrogen and oxygen atoms in total. The largest absolute Gasteiger partial charge is 0.495 e. The Hall–Kier alpha value is -2.58. The topological polar surface area (TPSA) is 75.7 Å². The van der Waals surface area contributed by atoms with Crippen molar-refractivity contribution in [3.63, 3.8) is 0 Å². The lowest BCUT2D eigenvalue weighted by molar-refractivity contribution is -0.116. The number of hydrogen-bond acceptors (Lipinski definition) is 4. The molecule has 0 fully saturated rings. The highest BCUT2D eigenvalue weighted by Crippen LogP contribution is 2.27. The van der Waals surface area contributed by atoms with E-state index >= 15 is 0 Å². The van der Waals surface area contributed by atoms with Crippen LogP contribution in [-0.2, 0) is 21.4 Å². The maximum absolute atomic E-state index is 13.4. The van der Waals surface area contributed by atoms with Crippen LogP contribution in [0.1, 0.15) is 11.1 Å². The van der Waals surface area contributed by atoms with Gasteiger partial charge in [0.05, 0.1) is 23.6 Å². The molecule has 0 unspecified atom stereocenters. The van der Waals surface area contributed by atoms with Crippen molar-refractivity contribution in [2.24, 2.45) is 0 Å². The zero-order valence-electron chi connectivity index (χ0n) is 17.5. The Kier molecular flexibility index (Phi) is 7.79. The molecule has 168 valence electrons. The molecule has 0 atom stereocenters. The fourth-order valence-corrected chi connectivity index (χ4v) is 4.83. The number of ether oxygens (including phenoxy) is 1. The fraction of sp³-hybridized carbons (Fsp3) is 0.174. The summed E-state index contributed by atoms with van der Waals surface area (Å²) in [7, 11) is -2.48. The van der Waals surface area contributed by atoms with Crippen molar-refractivity contribution in [3.05, 3.63) is 87.9 Å². The van der Waals surface area contributed by atoms with Crippen LogP contribution in [0.5, 0.6) is 5.75 Å². The number of amides is 1. The third-order valence-corrected chi connectivity index (χ3v) is 7.19. The quantitative estimate of drug-likeness (QED) is 0.472. The minimum atomic E-state index is -3.97. The van der Waals surface area contributed by atoms with E-state index in [9.17, 15) is 13.2 Å². The smallest absolute Gasteiger partial charge is 0.243 e. The third-order valence-electron chi connectivity index (χ3n) is 4.72. The van der Waals surface area contributed by atoms with E-state index in [1.807, 2.05) is 6.92 Å². The summed E-state index contributed by atoms with van der Waals surface area (Å²) in [5.41, 5.74) is 1.94. The summed E-state index contributed by atoms with van der Waals surface area (Å²) in [4.78, 5) is 12.9. The summed E-state index contributed by atoms with van der Waals surface area (Å²) in [5, 5.41) is 3.42. The van der Waals surface area contributed by atoms with Crippen molar-refractivity contribution in [2.75, 3.05) is 19.0 Å². The maximum atomic E-state index is 13.4. The van der Waals surface area contributed by atoms with Crippen molar-refractivity contribution >= 4 is 44.8 Å². The Labute approximate surface area is 197 Å². The second kappa shape index (κ2) is 10.4. The molecule has 3 aromatic rings. The van der Waals surface area contributed by atoms with Gasteiger partial charge in [-0.2, -0.15) is 4.31 Å². The number of carbonyl (C=O) groups excluding carboxylic acids is 1. The number of halogens is 2. The lowest BCUT2D eigenvalue weighted by Crippen LogP contribution is -2.37. The highest BCUT2D eigenvalue weighted by atomic mass is 35.5. The highest BCUT2D eigenvalue weighted by molar-refractivity contribution is 7.89. The van der Waals surface area contributed by atoms with Gasteiger partial charge in [0, 0.05) is 17.3 Å². The van der Waals surface area contributed by atoms with Crippen molar-refractivity contribution in [3.8, 4) is 5.75 Å². The Morgan fingerprint density at radius 2 is 1.69 bits per heavy atom. The van der Waals surface area contributed by atoms with E-state index in [-0.39, 0.29) is 11.4 Å². The van der Waals surface area contributed by atoms with Crippen LogP contribution in [0.25, 0.3) is 0 Å². The standard InChI is InChI=1S/C23H22Cl2N2O4S/c1-16-7-10-19(11-8-16)32(29,30)27(14-17-5-3-4-6-20(17)24)15-23(28)26-18-9-12-22(31-2)21(25)13-18/h3-13H,14-15H2,1-2H3,(H,26,28). The number of methoxy groups -OCH3 is 1. The van der Waals surface area contributed by atoms with Gasteiger partial charge in [0.15, 0.2) is 0 Å². The molecule has 0 bridgehead atoms. The zero-order chi connectivity index (χ0) is 23.3. The summed E-state index contributed by atoms with van der Waals surface area (Å²) in [6, 6.07) is 18.1. The number of rotatable bonds is 8. The Bertz CT molecular complexity index is 1210. The molecule has 1 amide bonds. The van der Waals surface area contributed by atoms with E-state index in [4.69, 9.17) is 27.9 Å². The first-order chi connectivity index (χ1) is 15.2. The number of anilines is 1. The molecule has 32 heavy (non-hydrogen) atoms. The number of hydrogen-bond donors (Lipinski definition) is 1. The minimum absolute atomic E-state index is 0.0628. The van der Waals surface area contributed by atoms with Crippen molar-refractivity contribution in [1.29, 1.82) is 0 Å². The van der Waals surface area contributed by atoms with Gasteiger partial charge in [-0.15, -0.1) is 0 Å². The molecule has 9 heteroatoms. The third kappa shape index (κ3) is 5.81. The van der Waals surface area contributed by atoms with Gasteiger partial charge < -0.3 is 10.1 Å². The zero-order valence-corrected chi connectivity index (χ0v) is 19.8. The molecule has 0 spiro atoms. The highest BCUT2D eigenvalue weighted by Gasteiger charge is 2.27. The number of carbonyl (C=O) groups is 1. The van der Waals surface area contributed by atoms with Gasteiger partial charge in [0.1, 0.15) is 5.75 Å². The number of benzene rings is 3. The molecule has 0 aliphatic carbocycles. The van der Waals surface area contributed by atoms with Crippen molar-refractivity contribution in [2.45, 2.75) is 18.4 Å². The lowest BCUT2D eigenvalue weighted by Gasteiger charge is -2.22. The summed E-state index contributed by atoms with van der Waals surface area (Å²) in [6.45, 7) is 1.39. The Morgan fingerprint density at radius 3 is 2.31 bits per heavy atom. The monoisotopic (exact) mass is 492 g/mol. The predicted molar refractivity (Wildman–Crippen MR) is 127 cm³/mol. The van der Waals surface area contributed by atoms with E-state index in [1.54, 1.807) is 48.5 Å². The van der Waals surface area contributed by atoms with Gasteiger partial charge in [-0.25, -0.2) is 8.42 Å². The molecule has 3 aromatic carbocycles. The Balaban J connectivity index is 1.88. The van der Waals surface area contributed by atoms with E-state index in [1.165, 1.54) is 25.3 Å². The summed E-state index contributed by atoms with van der Waals surface area (Å²) in [5.74, 6) is -0.0547. The number of sulfonamides is 1. The molecule has 0 aliphatic rings. The summed E-state index contributed by atoms with van der Waals surface area (Å²) < 4.78 is 32.9. The van der Waals surface area contributed by atoms with Crippen LogP contribution in [-0.4, -0.2) is 32.3 Å². The van der Waals surface area contributed by atoms with Crippen LogP contribution in [0, 0.1) is 6.92 Å². The normalized spacial score (nSPS) is 11.4. The average molecular weight is 493 g/mol. The van der Waals surface area contributed by atoms with E-state index in [0.717, 1.165) is 9.87 Å². The molecule has 0 aliphatic heterocycles. The van der Waals surface area contributed by atoms with Gasteiger partial charge in [-0.1, -0.05) is 59.1 Å². The van der Waals surface area contributed by atoms with Crippen LogP contribution < -0.4 is 10.1 Å². The molecule has 0 saturated heterocycles. The maximum Gasteiger partial charge on any atom is 0.243 e. The van der Waals surface area contributed by atoms with Gasteiger partial charge in [-0.05, 0) is 48.9 Å². The summed E-state index contributed by atoms with van der Waals surface area (Å²) in [6.07, 6.45) is 0. The van der Waals surface area contributed by atoms with E-state index in [0.29, 0.717) is 27.0 Å². The van der Waals surface area contributed by atoms with Gasteiger partial charge in [-0.3, -0.25) is 4.79 Å². The second-order valence-corrected chi connectivity index (χ2v) is 9.83. The molecule has 1 N–H and O–H groups in total. The van der Waals surface area contributed by atoms with Crippen LogP contribution in [0.3, 0.4) is 0 Å². The molecular formula is C23H22Cl2N2O4S. The molecule has 0 aromatic heterocycles. The fourth-order valence-electron chi connectivity index (χ4n) is 3.01. The van der Waals surface area contributed by atoms with Crippen molar-refractivity contribution in [1.82, 2.24) is 4.31 Å². The molecule has 0 radical (unpaired) electrons. The van der Waals surface area contributed by atoms with Crippen LogP contribution in [0.2, 0.25) is 10.0 Å². The van der Waals surface area contributed by atoms with Gasteiger partial charge in [0.2, 0.25) is 15.9 Å². The predicted octanol–water partition coefficient (Wildman–Crippen LogP) is 5.14. The molecule has 0 heterocycles. The number of nitrogens with zero attached hydrogens (tertiary/aromatic N) is 1. The molecule has 0 saturated carbocycles. The van der Waals surface area contributed by atoms with E-state index < -0.39 is 22.5 Å². The summed E-state index contributed by atoms with van der Waals surface area (Å²) >= 11 is 12.4. The lowest BCUT2D eigenvalue weighted by atomic mass is 10.2. The first-order valence-corrected chi connectivity index (χ1v) is 11.8. The van der Waals surface area contributed by atoms with Crippen LogP contribution >= 0.6 is 23.2 Å². The van der Waals surface area contributed by atoms with Gasteiger partial charge in [0.25, 0.3) is 0 Å². The SMILES string of the molecule is COc1ccc(NC(=O)CN(Cc2ccccc2Cl)S(=O)(=O)c2ccc(C)cc2)cc1Cl.